The number of benzene rings is 1. The summed E-state index contributed by atoms with van der Waals surface area (Å²) in [7, 11) is 0. The van der Waals surface area contributed by atoms with E-state index in [9.17, 15) is 9.18 Å². The molecule has 2 N–H and O–H groups in total. The topological polar surface area (TPSA) is 52.6 Å². The van der Waals surface area contributed by atoms with Gasteiger partial charge < -0.3 is 15.3 Å². The first kappa shape index (κ1) is 15.5. The molecule has 2 amide bonds. The molecule has 1 aliphatic rings. The lowest BCUT2D eigenvalue weighted by Gasteiger charge is -2.29. The summed E-state index contributed by atoms with van der Waals surface area (Å²) in [6.07, 6.45) is 4.28. The Labute approximate surface area is 124 Å². The maximum atomic E-state index is 13.4. The van der Waals surface area contributed by atoms with E-state index in [1.807, 2.05) is 0 Å². The number of halogens is 1. The zero-order valence-electron chi connectivity index (χ0n) is 12.0. The number of fused-ring (bicyclic) bond motifs is 1. The average molecular weight is 292 g/mol. The quantitative estimate of drug-likeness (QED) is 0.819. The molecular weight excluding hydrogens is 271 g/mol. The Bertz CT molecular complexity index is 519. The van der Waals surface area contributed by atoms with Crippen molar-refractivity contribution in [2.24, 2.45) is 0 Å². The molecule has 21 heavy (non-hydrogen) atoms. The number of nitrogens with one attached hydrogen (secondary N) is 1. The standard InChI is InChI=1S/C16H21FN2O2/c1-2-8-19(9-10-20)16(21)18-15-5-3-4-12-6-7-13(17)11-14(12)15/h2,6-7,11,15,20H,1,3-5,8-10H2,(H,18,21). The van der Waals surface area contributed by atoms with Crippen LogP contribution in [0.1, 0.15) is 30.0 Å². The van der Waals surface area contributed by atoms with Gasteiger partial charge in [0.2, 0.25) is 0 Å². The van der Waals surface area contributed by atoms with Crippen molar-refractivity contribution in [3.05, 3.63) is 47.8 Å². The Kier molecular flexibility index (Phi) is 5.33. The Hall–Kier alpha value is -1.88. The minimum Gasteiger partial charge on any atom is -0.395 e. The number of hydrogen-bond acceptors (Lipinski definition) is 2. The Morgan fingerprint density at radius 2 is 2.38 bits per heavy atom. The lowest BCUT2D eigenvalue weighted by atomic mass is 9.87. The smallest absolute Gasteiger partial charge is 0.318 e. The van der Waals surface area contributed by atoms with E-state index in [1.54, 1.807) is 12.1 Å². The van der Waals surface area contributed by atoms with Gasteiger partial charge in [-0.2, -0.15) is 0 Å². The highest BCUT2D eigenvalue weighted by molar-refractivity contribution is 5.75. The lowest BCUT2D eigenvalue weighted by molar-refractivity contribution is 0.179. The van der Waals surface area contributed by atoms with Crippen LogP contribution in [0.2, 0.25) is 0 Å². The maximum absolute atomic E-state index is 13.4. The third-order valence-electron chi connectivity index (χ3n) is 3.73. The van der Waals surface area contributed by atoms with E-state index in [0.29, 0.717) is 6.54 Å². The van der Waals surface area contributed by atoms with Crippen LogP contribution in [-0.4, -0.2) is 35.7 Å². The number of carbonyl (C=O) groups excluding carboxylic acids is 1. The molecule has 1 aromatic rings. The molecule has 0 aliphatic heterocycles. The van der Waals surface area contributed by atoms with Crippen molar-refractivity contribution in [3.8, 4) is 0 Å². The van der Waals surface area contributed by atoms with Gasteiger partial charge in [0.15, 0.2) is 0 Å². The molecule has 1 aromatic carbocycles. The van der Waals surface area contributed by atoms with Gasteiger partial charge in [0.1, 0.15) is 5.82 Å². The van der Waals surface area contributed by atoms with Gasteiger partial charge in [-0.1, -0.05) is 12.1 Å². The minimum atomic E-state index is -0.284. The summed E-state index contributed by atoms with van der Waals surface area (Å²) in [5.74, 6) is -0.284. The summed E-state index contributed by atoms with van der Waals surface area (Å²) < 4.78 is 13.4. The van der Waals surface area contributed by atoms with E-state index in [4.69, 9.17) is 5.11 Å². The highest BCUT2D eigenvalue weighted by atomic mass is 19.1. The van der Waals surface area contributed by atoms with Crippen LogP contribution in [0.3, 0.4) is 0 Å². The number of aryl methyl sites for hydroxylation is 1. The fourth-order valence-corrected chi connectivity index (χ4v) is 2.71. The Morgan fingerprint density at radius 1 is 1.57 bits per heavy atom. The van der Waals surface area contributed by atoms with E-state index in [1.165, 1.54) is 17.0 Å². The summed E-state index contributed by atoms with van der Waals surface area (Å²) in [4.78, 5) is 13.7. The van der Waals surface area contributed by atoms with Crippen LogP contribution < -0.4 is 5.32 Å². The second-order valence-electron chi connectivity index (χ2n) is 5.20. The summed E-state index contributed by atoms with van der Waals surface area (Å²) >= 11 is 0. The van der Waals surface area contributed by atoms with Gasteiger partial charge in [-0.25, -0.2) is 9.18 Å². The first-order valence-electron chi connectivity index (χ1n) is 7.21. The van der Waals surface area contributed by atoms with Crippen molar-refractivity contribution in [1.82, 2.24) is 10.2 Å². The second-order valence-corrected chi connectivity index (χ2v) is 5.20. The van der Waals surface area contributed by atoms with E-state index in [2.05, 4.69) is 11.9 Å². The van der Waals surface area contributed by atoms with Gasteiger partial charge in [0.05, 0.1) is 12.6 Å². The zero-order valence-corrected chi connectivity index (χ0v) is 12.0. The predicted octanol–water partition coefficient (Wildman–Crippen LogP) is 2.39. The molecule has 114 valence electrons. The van der Waals surface area contributed by atoms with Crippen molar-refractivity contribution in [3.63, 3.8) is 0 Å². The Balaban J connectivity index is 2.11. The van der Waals surface area contributed by atoms with Gasteiger partial charge in [-0.15, -0.1) is 6.58 Å². The first-order valence-corrected chi connectivity index (χ1v) is 7.21. The van der Waals surface area contributed by atoms with Gasteiger partial charge >= 0.3 is 6.03 Å². The highest BCUT2D eigenvalue weighted by Gasteiger charge is 2.24. The number of aliphatic hydroxyl groups is 1. The fraction of sp³-hybridized carbons (Fsp3) is 0.438. The van der Waals surface area contributed by atoms with Gasteiger partial charge in [0, 0.05) is 13.1 Å². The molecule has 0 saturated heterocycles. The SMILES string of the molecule is C=CCN(CCO)C(=O)NC1CCCc2ccc(F)cc21. The number of carbonyl (C=O) groups is 1. The van der Waals surface area contributed by atoms with Crippen LogP contribution in [-0.2, 0) is 6.42 Å². The average Bonchev–Trinajstić information content (AvgIpc) is 2.47. The molecule has 1 unspecified atom stereocenters. The van der Waals surface area contributed by atoms with Crippen molar-refractivity contribution in [1.29, 1.82) is 0 Å². The number of urea groups is 1. The molecule has 0 heterocycles. The minimum absolute atomic E-state index is 0.100. The predicted molar refractivity (Wildman–Crippen MR) is 79.5 cm³/mol. The van der Waals surface area contributed by atoms with Crippen molar-refractivity contribution in [2.75, 3.05) is 19.7 Å². The number of hydrogen-bond donors (Lipinski definition) is 2. The summed E-state index contributed by atoms with van der Waals surface area (Å²) in [5.41, 5.74) is 1.95. The molecule has 4 nitrogen and oxygen atoms in total. The molecule has 0 spiro atoms. The van der Waals surface area contributed by atoms with Crippen molar-refractivity contribution >= 4 is 6.03 Å². The van der Waals surface area contributed by atoms with E-state index >= 15 is 0 Å². The van der Waals surface area contributed by atoms with Crippen LogP contribution in [0.5, 0.6) is 0 Å². The Morgan fingerprint density at radius 3 is 3.10 bits per heavy atom. The molecule has 0 saturated carbocycles. The summed E-state index contributed by atoms with van der Waals surface area (Å²) in [5, 5.41) is 11.9. The van der Waals surface area contributed by atoms with Crippen LogP contribution in [0.4, 0.5) is 9.18 Å². The molecule has 1 aliphatic carbocycles. The van der Waals surface area contributed by atoms with Crippen LogP contribution in [0.25, 0.3) is 0 Å². The third-order valence-corrected chi connectivity index (χ3v) is 3.73. The number of nitrogens with zero attached hydrogens (tertiary/aromatic N) is 1. The largest absolute Gasteiger partial charge is 0.395 e. The van der Waals surface area contributed by atoms with E-state index < -0.39 is 0 Å². The van der Waals surface area contributed by atoms with E-state index in [0.717, 1.165) is 30.4 Å². The maximum Gasteiger partial charge on any atom is 0.318 e. The van der Waals surface area contributed by atoms with Gasteiger partial charge in [-0.05, 0) is 42.5 Å². The zero-order chi connectivity index (χ0) is 15.2. The van der Waals surface area contributed by atoms with E-state index in [-0.39, 0.29) is 31.0 Å². The fourth-order valence-electron chi connectivity index (χ4n) is 2.71. The van der Waals surface area contributed by atoms with Crippen LogP contribution >= 0.6 is 0 Å². The third kappa shape index (κ3) is 3.82. The molecule has 5 heteroatoms. The van der Waals surface area contributed by atoms with Gasteiger partial charge in [0.25, 0.3) is 0 Å². The molecular formula is C16H21FN2O2. The molecule has 0 aromatic heterocycles. The monoisotopic (exact) mass is 292 g/mol. The second kappa shape index (κ2) is 7.22. The van der Waals surface area contributed by atoms with Crippen LogP contribution in [0, 0.1) is 5.82 Å². The summed E-state index contributed by atoms with van der Waals surface area (Å²) in [6.45, 7) is 4.13. The van der Waals surface area contributed by atoms with Crippen molar-refractivity contribution < 1.29 is 14.3 Å². The normalized spacial score (nSPS) is 17.0. The summed E-state index contributed by atoms with van der Waals surface area (Å²) in [6, 6.07) is 4.31. The first-order chi connectivity index (χ1) is 10.2. The van der Waals surface area contributed by atoms with Crippen LogP contribution in [0.15, 0.2) is 30.9 Å². The van der Waals surface area contributed by atoms with Crippen molar-refractivity contribution in [2.45, 2.75) is 25.3 Å². The lowest BCUT2D eigenvalue weighted by Crippen LogP contribution is -2.43. The number of amides is 2. The number of aliphatic hydroxyl groups excluding tert-OH is 1. The highest BCUT2D eigenvalue weighted by Crippen LogP contribution is 2.30. The number of rotatable bonds is 5. The molecule has 2 rings (SSSR count). The molecule has 0 fully saturated rings. The molecule has 0 radical (unpaired) electrons. The van der Waals surface area contributed by atoms with Gasteiger partial charge in [-0.3, -0.25) is 0 Å². The molecule has 0 bridgehead atoms. The molecule has 1 atom stereocenters.